The molecular formula is C23H20Cl2N4O2S. The summed E-state index contributed by atoms with van der Waals surface area (Å²) in [6.07, 6.45) is 1.76. The lowest BCUT2D eigenvalue weighted by Crippen LogP contribution is -2.18. The maximum Gasteiger partial charge on any atom is 0.231 e. The van der Waals surface area contributed by atoms with Crippen molar-refractivity contribution < 1.29 is 9.53 Å². The van der Waals surface area contributed by atoms with Crippen LogP contribution in [0, 0.1) is 0 Å². The second-order valence-corrected chi connectivity index (χ2v) is 8.54. The highest BCUT2D eigenvalue weighted by Crippen LogP contribution is 2.32. The molecule has 2 aromatic heterocycles. The molecule has 2 aromatic carbocycles. The van der Waals surface area contributed by atoms with E-state index < -0.39 is 0 Å². The molecule has 0 fully saturated rings. The van der Waals surface area contributed by atoms with Gasteiger partial charge in [-0.15, -0.1) is 11.3 Å². The SMILES string of the molecule is CCOc1ccccc1-c1nc(CC(=O)Nc2ccnn2Cc2c(Cl)cccc2Cl)cs1. The minimum absolute atomic E-state index is 0.144. The van der Waals surface area contributed by atoms with Crippen LogP contribution >= 0.6 is 34.5 Å². The zero-order valence-corrected chi connectivity index (χ0v) is 19.5. The summed E-state index contributed by atoms with van der Waals surface area (Å²) in [5, 5.41) is 11.0. The summed E-state index contributed by atoms with van der Waals surface area (Å²) >= 11 is 14.0. The van der Waals surface area contributed by atoms with Crippen LogP contribution in [0.1, 0.15) is 18.2 Å². The number of halogens is 2. The van der Waals surface area contributed by atoms with Crippen LogP contribution in [-0.2, 0) is 17.8 Å². The zero-order valence-electron chi connectivity index (χ0n) is 17.2. The number of aromatic nitrogens is 3. The van der Waals surface area contributed by atoms with Crippen molar-refractivity contribution in [3.63, 3.8) is 0 Å². The van der Waals surface area contributed by atoms with Crippen LogP contribution in [0.4, 0.5) is 5.82 Å². The Morgan fingerprint density at radius 2 is 1.91 bits per heavy atom. The van der Waals surface area contributed by atoms with Crippen molar-refractivity contribution >= 4 is 46.3 Å². The minimum atomic E-state index is -0.188. The lowest BCUT2D eigenvalue weighted by atomic mass is 10.2. The smallest absolute Gasteiger partial charge is 0.231 e. The van der Waals surface area contributed by atoms with E-state index in [1.165, 1.54) is 11.3 Å². The molecule has 0 aliphatic heterocycles. The summed E-state index contributed by atoms with van der Waals surface area (Å²) in [6.45, 7) is 2.86. The molecule has 0 bridgehead atoms. The van der Waals surface area contributed by atoms with Crippen molar-refractivity contribution in [2.45, 2.75) is 19.9 Å². The number of nitrogens with one attached hydrogen (secondary N) is 1. The molecule has 0 saturated heterocycles. The topological polar surface area (TPSA) is 69.0 Å². The molecule has 0 radical (unpaired) electrons. The second-order valence-electron chi connectivity index (χ2n) is 6.87. The summed E-state index contributed by atoms with van der Waals surface area (Å²) < 4.78 is 7.34. The van der Waals surface area contributed by atoms with Gasteiger partial charge in [-0.3, -0.25) is 4.79 Å². The van der Waals surface area contributed by atoms with E-state index in [9.17, 15) is 4.79 Å². The highest BCUT2D eigenvalue weighted by molar-refractivity contribution is 7.13. The van der Waals surface area contributed by atoms with Crippen LogP contribution in [0.2, 0.25) is 10.0 Å². The number of hydrogen-bond donors (Lipinski definition) is 1. The van der Waals surface area contributed by atoms with Crippen molar-refractivity contribution in [2.75, 3.05) is 11.9 Å². The Kier molecular flexibility index (Phi) is 7.09. The Bertz CT molecular complexity index is 1220. The maximum atomic E-state index is 12.7. The van der Waals surface area contributed by atoms with E-state index in [1.54, 1.807) is 35.1 Å². The Hall–Kier alpha value is -2.87. The van der Waals surface area contributed by atoms with Crippen molar-refractivity contribution in [3.8, 4) is 16.3 Å². The fourth-order valence-corrected chi connectivity index (χ4v) is 4.55. The number of nitrogens with zero attached hydrogens (tertiary/aromatic N) is 3. The van der Waals surface area contributed by atoms with Crippen molar-refractivity contribution in [2.24, 2.45) is 0 Å². The van der Waals surface area contributed by atoms with E-state index >= 15 is 0 Å². The van der Waals surface area contributed by atoms with E-state index in [0.29, 0.717) is 34.7 Å². The van der Waals surface area contributed by atoms with E-state index in [1.807, 2.05) is 36.6 Å². The highest BCUT2D eigenvalue weighted by atomic mass is 35.5. The summed E-state index contributed by atoms with van der Waals surface area (Å²) in [5.41, 5.74) is 2.35. The summed E-state index contributed by atoms with van der Waals surface area (Å²) in [5.74, 6) is 1.15. The molecule has 6 nitrogen and oxygen atoms in total. The van der Waals surface area contributed by atoms with Crippen molar-refractivity contribution in [3.05, 3.63) is 81.4 Å². The minimum Gasteiger partial charge on any atom is -0.493 e. The molecule has 1 amide bonds. The first-order chi connectivity index (χ1) is 15.5. The van der Waals surface area contributed by atoms with Crippen LogP contribution in [0.25, 0.3) is 10.6 Å². The molecule has 0 atom stereocenters. The molecule has 32 heavy (non-hydrogen) atoms. The third-order valence-electron chi connectivity index (χ3n) is 4.66. The number of hydrogen-bond acceptors (Lipinski definition) is 5. The number of carbonyl (C=O) groups is 1. The molecule has 0 aliphatic rings. The lowest BCUT2D eigenvalue weighted by Gasteiger charge is -2.11. The Morgan fingerprint density at radius 3 is 2.69 bits per heavy atom. The summed E-state index contributed by atoms with van der Waals surface area (Å²) in [7, 11) is 0. The van der Waals surface area contributed by atoms with Crippen LogP contribution in [0.15, 0.2) is 60.1 Å². The number of thiazole rings is 1. The molecule has 2 heterocycles. The molecule has 0 unspecified atom stereocenters. The highest BCUT2D eigenvalue weighted by Gasteiger charge is 2.15. The number of amides is 1. The van der Waals surface area contributed by atoms with E-state index in [4.69, 9.17) is 27.9 Å². The monoisotopic (exact) mass is 486 g/mol. The first-order valence-electron chi connectivity index (χ1n) is 9.96. The van der Waals surface area contributed by atoms with Crippen LogP contribution in [-0.4, -0.2) is 27.3 Å². The van der Waals surface area contributed by atoms with Gasteiger partial charge in [-0.05, 0) is 31.2 Å². The summed E-state index contributed by atoms with van der Waals surface area (Å²) in [4.78, 5) is 17.3. The van der Waals surface area contributed by atoms with Crippen LogP contribution in [0.3, 0.4) is 0 Å². The standard InChI is InChI=1S/C23H20Cl2N4O2S/c1-2-31-20-9-4-3-6-16(20)23-27-15(14-32-23)12-22(30)28-21-10-11-26-29(21)13-17-18(24)7-5-8-19(17)25/h3-11,14H,2,12-13H2,1H3,(H,28,30). The van der Waals surface area contributed by atoms with Crippen LogP contribution < -0.4 is 10.1 Å². The largest absolute Gasteiger partial charge is 0.493 e. The maximum absolute atomic E-state index is 12.7. The predicted octanol–water partition coefficient (Wildman–Crippen LogP) is 5.94. The molecule has 0 aliphatic carbocycles. The Balaban J connectivity index is 1.45. The molecule has 9 heteroatoms. The average Bonchev–Trinajstić information content (AvgIpc) is 3.41. The van der Waals surface area contributed by atoms with Gasteiger partial charge in [0.2, 0.25) is 5.91 Å². The third-order valence-corrected chi connectivity index (χ3v) is 6.30. The van der Waals surface area contributed by atoms with Gasteiger partial charge in [0.15, 0.2) is 0 Å². The number of carbonyl (C=O) groups excluding carboxylic acids is 1. The lowest BCUT2D eigenvalue weighted by molar-refractivity contribution is -0.115. The molecular weight excluding hydrogens is 467 g/mol. The summed E-state index contributed by atoms with van der Waals surface area (Å²) in [6, 6.07) is 14.8. The van der Waals surface area contributed by atoms with Gasteiger partial charge in [-0.25, -0.2) is 9.67 Å². The van der Waals surface area contributed by atoms with Gasteiger partial charge in [0, 0.05) is 27.1 Å². The fourth-order valence-electron chi connectivity index (χ4n) is 3.19. The third kappa shape index (κ3) is 5.12. The first kappa shape index (κ1) is 22.3. The zero-order chi connectivity index (χ0) is 22.5. The van der Waals surface area contributed by atoms with Gasteiger partial charge in [0.05, 0.1) is 37.0 Å². The van der Waals surface area contributed by atoms with Gasteiger partial charge >= 0.3 is 0 Å². The van der Waals surface area contributed by atoms with Crippen molar-refractivity contribution in [1.82, 2.24) is 14.8 Å². The van der Waals surface area contributed by atoms with Gasteiger partial charge in [0.25, 0.3) is 0 Å². The molecule has 4 rings (SSSR count). The van der Waals surface area contributed by atoms with Gasteiger partial charge in [0.1, 0.15) is 16.6 Å². The molecule has 1 N–H and O–H groups in total. The second kappa shape index (κ2) is 10.2. The fraction of sp³-hybridized carbons (Fsp3) is 0.174. The van der Waals surface area contributed by atoms with Gasteiger partial charge < -0.3 is 10.1 Å². The van der Waals surface area contributed by atoms with Gasteiger partial charge in [-0.2, -0.15) is 5.10 Å². The molecule has 164 valence electrons. The van der Waals surface area contributed by atoms with E-state index in [0.717, 1.165) is 21.9 Å². The van der Waals surface area contributed by atoms with E-state index in [-0.39, 0.29) is 12.3 Å². The first-order valence-corrected chi connectivity index (χ1v) is 11.6. The van der Waals surface area contributed by atoms with Crippen LogP contribution in [0.5, 0.6) is 5.75 Å². The normalized spacial score (nSPS) is 10.8. The number of rotatable bonds is 8. The molecule has 0 saturated carbocycles. The number of para-hydroxylation sites is 1. The Morgan fingerprint density at radius 1 is 1.12 bits per heavy atom. The predicted molar refractivity (Wildman–Crippen MR) is 129 cm³/mol. The Labute approximate surface area is 199 Å². The quantitative estimate of drug-likeness (QED) is 0.334. The molecule has 0 spiro atoms. The molecule has 4 aromatic rings. The van der Waals surface area contributed by atoms with Gasteiger partial charge in [-0.1, -0.05) is 41.4 Å². The number of anilines is 1. The number of ether oxygens (including phenoxy) is 1. The average molecular weight is 487 g/mol. The van der Waals surface area contributed by atoms with Crippen molar-refractivity contribution in [1.29, 1.82) is 0 Å². The van der Waals surface area contributed by atoms with E-state index in [2.05, 4.69) is 15.4 Å². The number of benzene rings is 2.